The van der Waals surface area contributed by atoms with E-state index in [0.29, 0.717) is 11.4 Å². The van der Waals surface area contributed by atoms with Crippen LogP contribution in [-0.2, 0) is 19.2 Å². The number of benzene rings is 3. The summed E-state index contributed by atoms with van der Waals surface area (Å²) in [4.78, 5) is 54.9. The van der Waals surface area contributed by atoms with E-state index in [1.165, 1.54) is 11.8 Å². The number of thioether (sulfide) groups is 1. The van der Waals surface area contributed by atoms with Crippen LogP contribution in [0.5, 0.6) is 0 Å². The molecule has 0 bridgehead atoms. The Morgan fingerprint density at radius 3 is 2.42 bits per heavy atom. The number of carbonyl (C=O) groups excluding carboxylic acids is 4. The topological polar surface area (TPSA) is 108 Å². The standard InChI is InChI=1S/C24H20N4O4S/c1-15(29)25-21-22(31)27-24(28(23(21)32)17-10-3-2-4-11-17)33-14-20(30)26-19-13-7-9-16-8-5-6-12-18(16)19/h2-13,21H,14H2,1H3,(H,25,29)(H,26,30)/t21-/m0/s1. The van der Waals surface area contributed by atoms with E-state index in [9.17, 15) is 19.2 Å². The fourth-order valence-electron chi connectivity index (χ4n) is 3.43. The molecule has 1 atom stereocenters. The highest BCUT2D eigenvalue weighted by molar-refractivity contribution is 8.14. The Kier molecular flexibility index (Phi) is 6.50. The lowest BCUT2D eigenvalue weighted by Crippen LogP contribution is -2.57. The molecule has 4 rings (SSSR count). The molecule has 1 heterocycles. The number of para-hydroxylation sites is 1. The fourth-order valence-corrected chi connectivity index (χ4v) is 4.24. The van der Waals surface area contributed by atoms with E-state index >= 15 is 0 Å². The zero-order chi connectivity index (χ0) is 23.4. The van der Waals surface area contributed by atoms with E-state index in [-0.39, 0.29) is 16.8 Å². The van der Waals surface area contributed by atoms with E-state index in [2.05, 4.69) is 15.6 Å². The number of aliphatic imine (C=N–C) groups is 1. The zero-order valence-electron chi connectivity index (χ0n) is 17.6. The molecule has 0 fully saturated rings. The molecule has 3 aromatic carbocycles. The molecule has 1 aliphatic rings. The lowest BCUT2D eigenvalue weighted by atomic mass is 10.1. The third-order valence-electron chi connectivity index (χ3n) is 4.87. The molecule has 0 unspecified atom stereocenters. The summed E-state index contributed by atoms with van der Waals surface area (Å²) in [5, 5.41) is 7.19. The molecule has 2 N–H and O–H groups in total. The molecule has 0 aromatic heterocycles. The van der Waals surface area contributed by atoms with Gasteiger partial charge < -0.3 is 10.6 Å². The minimum atomic E-state index is -1.41. The highest BCUT2D eigenvalue weighted by atomic mass is 32.2. The van der Waals surface area contributed by atoms with Gasteiger partial charge in [-0.2, -0.15) is 4.99 Å². The van der Waals surface area contributed by atoms with Crippen LogP contribution in [-0.4, -0.2) is 40.6 Å². The molecule has 33 heavy (non-hydrogen) atoms. The highest BCUT2D eigenvalue weighted by Crippen LogP contribution is 2.26. The lowest BCUT2D eigenvalue weighted by molar-refractivity contribution is -0.133. The first-order valence-corrected chi connectivity index (χ1v) is 11.1. The molecule has 9 heteroatoms. The smallest absolute Gasteiger partial charge is 0.280 e. The normalized spacial score (nSPS) is 15.8. The number of carbonyl (C=O) groups is 4. The molecule has 0 aliphatic carbocycles. The summed E-state index contributed by atoms with van der Waals surface area (Å²) < 4.78 is 0. The number of nitrogens with one attached hydrogen (secondary N) is 2. The van der Waals surface area contributed by atoms with Crippen LogP contribution in [0.3, 0.4) is 0 Å². The van der Waals surface area contributed by atoms with Crippen LogP contribution >= 0.6 is 11.8 Å². The fraction of sp³-hybridized carbons (Fsp3) is 0.125. The maximum atomic E-state index is 13.1. The van der Waals surface area contributed by atoms with Crippen LogP contribution in [0.25, 0.3) is 10.8 Å². The third kappa shape index (κ3) is 4.93. The predicted octanol–water partition coefficient (Wildman–Crippen LogP) is 2.95. The minimum Gasteiger partial charge on any atom is -0.337 e. The van der Waals surface area contributed by atoms with E-state index in [0.717, 1.165) is 22.5 Å². The molecule has 1 aliphatic heterocycles. The predicted molar refractivity (Wildman–Crippen MR) is 129 cm³/mol. The molecular formula is C24H20N4O4S. The Hall–Kier alpha value is -3.98. The van der Waals surface area contributed by atoms with Crippen molar-refractivity contribution < 1.29 is 19.2 Å². The Morgan fingerprint density at radius 1 is 0.970 bits per heavy atom. The summed E-state index contributed by atoms with van der Waals surface area (Å²) in [6, 6.07) is 20.5. The zero-order valence-corrected chi connectivity index (χ0v) is 18.5. The molecule has 0 radical (unpaired) electrons. The average molecular weight is 461 g/mol. The maximum absolute atomic E-state index is 13.1. The molecule has 0 spiro atoms. The molecule has 8 nitrogen and oxygen atoms in total. The van der Waals surface area contributed by atoms with Gasteiger partial charge in [-0.3, -0.25) is 24.1 Å². The summed E-state index contributed by atoms with van der Waals surface area (Å²) >= 11 is 0.971. The van der Waals surface area contributed by atoms with Gasteiger partial charge in [0.15, 0.2) is 11.2 Å². The van der Waals surface area contributed by atoms with Gasteiger partial charge in [0.25, 0.3) is 11.8 Å². The van der Waals surface area contributed by atoms with Gasteiger partial charge in [0, 0.05) is 18.0 Å². The van der Waals surface area contributed by atoms with Crippen molar-refractivity contribution in [1.82, 2.24) is 5.32 Å². The van der Waals surface area contributed by atoms with Gasteiger partial charge in [-0.05, 0) is 23.6 Å². The van der Waals surface area contributed by atoms with Crippen LogP contribution in [0.1, 0.15) is 6.92 Å². The Morgan fingerprint density at radius 2 is 1.67 bits per heavy atom. The maximum Gasteiger partial charge on any atom is 0.280 e. The number of fused-ring (bicyclic) bond motifs is 1. The molecule has 3 aromatic rings. The number of hydrogen-bond donors (Lipinski definition) is 2. The monoisotopic (exact) mass is 460 g/mol. The van der Waals surface area contributed by atoms with Crippen molar-refractivity contribution in [1.29, 1.82) is 0 Å². The summed E-state index contributed by atoms with van der Waals surface area (Å²) in [5.74, 6) is -2.31. The van der Waals surface area contributed by atoms with Gasteiger partial charge in [0.2, 0.25) is 11.8 Å². The van der Waals surface area contributed by atoms with E-state index in [1.54, 1.807) is 30.3 Å². The summed E-state index contributed by atoms with van der Waals surface area (Å²) in [6.07, 6.45) is 0. The van der Waals surface area contributed by atoms with Crippen molar-refractivity contribution >= 4 is 62.7 Å². The molecule has 0 saturated carbocycles. The van der Waals surface area contributed by atoms with Crippen LogP contribution in [0.15, 0.2) is 77.8 Å². The second-order valence-corrected chi connectivity index (χ2v) is 8.18. The average Bonchev–Trinajstić information content (AvgIpc) is 2.81. The second-order valence-electron chi connectivity index (χ2n) is 7.24. The lowest BCUT2D eigenvalue weighted by Gasteiger charge is -2.30. The summed E-state index contributed by atoms with van der Waals surface area (Å²) in [6.45, 7) is 1.22. The largest absolute Gasteiger partial charge is 0.337 e. The number of amidine groups is 1. The van der Waals surface area contributed by atoms with Crippen LogP contribution in [0.2, 0.25) is 0 Å². The van der Waals surface area contributed by atoms with Crippen LogP contribution < -0.4 is 15.5 Å². The minimum absolute atomic E-state index is 0.0727. The molecular weight excluding hydrogens is 440 g/mol. The van der Waals surface area contributed by atoms with Gasteiger partial charge in [-0.15, -0.1) is 0 Å². The van der Waals surface area contributed by atoms with E-state index in [1.807, 2.05) is 42.5 Å². The Labute approximate surface area is 194 Å². The third-order valence-corrected chi connectivity index (χ3v) is 5.81. The SMILES string of the molecule is CC(=O)N[C@H]1C(=O)N=C(SCC(=O)Nc2cccc3ccccc23)N(c2ccccc2)C1=O. The van der Waals surface area contributed by atoms with Crippen molar-refractivity contribution in [2.75, 3.05) is 16.0 Å². The summed E-state index contributed by atoms with van der Waals surface area (Å²) in [5.41, 5.74) is 1.15. The first-order valence-electron chi connectivity index (χ1n) is 10.1. The second kappa shape index (κ2) is 9.66. The van der Waals surface area contributed by atoms with Gasteiger partial charge in [-0.1, -0.05) is 66.4 Å². The molecule has 166 valence electrons. The Balaban J connectivity index is 1.54. The van der Waals surface area contributed by atoms with E-state index < -0.39 is 23.8 Å². The number of anilines is 2. The summed E-state index contributed by atoms with van der Waals surface area (Å²) in [7, 11) is 0. The van der Waals surface area contributed by atoms with Crippen molar-refractivity contribution in [3.63, 3.8) is 0 Å². The van der Waals surface area contributed by atoms with Gasteiger partial charge >= 0.3 is 0 Å². The number of rotatable bonds is 5. The highest BCUT2D eigenvalue weighted by Gasteiger charge is 2.39. The first kappa shape index (κ1) is 22.2. The van der Waals surface area contributed by atoms with Crippen LogP contribution in [0.4, 0.5) is 11.4 Å². The van der Waals surface area contributed by atoms with Crippen molar-refractivity contribution in [2.45, 2.75) is 13.0 Å². The van der Waals surface area contributed by atoms with Gasteiger partial charge in [0.1, 0.15) is 0 Å². The number of hydrogen-bond acceptors (Lipinski definition) is 5. The van der Waals surface area contributed by atoms with Crippen LogP contribution in [0, 0.1) is 0 Å². The Bertz CT molecular complexity index is 1270. The van der Waals surface area contributed by atoms with Crippen molar-refractivity contribution in [3.05, 3.63) is 72.8 Å². The molecule has 0 saturated heterocycles. The number of nitrogens with zero attached hydrogens (tertiary/aromatic N) is 2. The van der Waals surface area contributed by atoms with Crippen molar-refractivity contribution in [3.8, 4) is 0 Å². The van der Waals surface area contributed by atoms with Crippen molar-refractivity contribution in [2.24, 2.45) is 4.99 Å². The number of amides is 4. The van der Waals surface area contributed by atoms with E-state index in [4.69, 9.17) is 0 Å². The quantitative estimate of drug-likeness (QED) is 0.569. The first-order chi connectivity index (χ1) is 15.9. The van der Waals surface area contributed by atoms with Gasteiger partial charge in [-0.25, -0.2) is 0 Å². The molecule has 4 amide bonds. The van der Waals surface area contributed by atoms with Gasteiger partial charge in [0.05, 0.1) is 11.4 Å².